The largest absolute Gasteiger partial charge is 0.494 e. The molecule has 0 bridgehead atoms. The predicted molar refractivity (Wildman–Crippen MR) is 230 cm³/mol. The first-order chi connectivity index (χ1) is 27.4. The number of unbranched alkanes of at least 4 members (excludes halogenated alkanes) is 10. The maximum atomic E-state index is 11.5. The van der Waals surface area contributed by atoms with E-state index in [1.54, 1.807) is 0 Å². The van der Waals surface area contributed by atoms with Gasteiger partial charge in [-0.25, -0.2) is 0 Å². The Bertz CT molecular complexity index is 1290. The standard InChI is InChI=1S/C25H41NO3.C23H37NO3/c1-3-5-6-7-8-9-20-29-24-16-14-22(15-17-24)23-12-10-18-26(21-23)19-11-13-25(27)28-4-2;1-2-3-4-5-6-7-18-27-22-14-12-20(13-15-22)21-10-8-16-24(19-21)17-9-11-23(25)26/h14-17,23H,3-13,18-21H2,1-2H3;12-15,21H,2-11,16-19H2,1H3,(H,25,26). The molecule has 0 spiro atoms. The molecule has 0 aliphatic carbocycles. The van der Waals surface area contributed by atoms with Crippen molar-refractivity contribution in [3.05, 3.63) is 59.7 Å². The van der Waals surface area contributed by atoms with Crippen molar-refractivity contribution in [1.82, 2.24) is 9.80 Å². The Labute approximate surface area is 341 Å². The number of nitrogens with zero attached hydrogens (tertiary/aromatic N) is 2. The molecule has 8 heteroatoms. The number of carboxylic acids is 1. The number of hydrogen-bond donors (Lipinski definition) is 1. The summed E-state index contributed by atoms with van der Waals surface area (Å²) in [5.74, 6) is 2.33. The first-order valence-corrected chi connectivity index (χ1v) is 22.7. The van der Waals surface area contributed by atoms with Crippen LogP contribution in [0.25, 0.3) is 0 Å². The van der Waals surface area contributed by atoms with Crippen LogP contribution in [0.5, 0.6) is 11.5 Å². The van der Waals surface area contributed by atoms with E-state index >= 15 is 0 Å². The quantitative estimate of drug-likeness (QED) is 0.0708. The molecule has 0 saturated carbocycles. The lowest BCUT2D eigenvalue weighted by molar-refractivity contribution is -0.143. The topological polar surface area (TPSA) is 88.5 Å². The molecule has 2 heterocycles. The van der Waals surface area contributed by atoms with Gasteiger partial charge in [0.2, 0.25) is 0 Å². The predicted octanol–water partition coefficient (Wildman–Crippen LogP) is 11.4. The van der Waals surface area contributed by atoms with Crippen LogP contribution in [0.2, 0.25) is 0 Å². The van der Waals surface area contributed by atoms with E-state index in [-0.39, 0.29) is 12.4 Å². The van der Waals surface area contributed by atoms with Crippen LogP contribution in [0.15, 0.2) is 48.5 Å². The van der Waals surface area contributed by atoms with Crippen LogP contribution in [0.3, 0.4) is 0 Å². The number of ether oxygens (including phenoxy) is 3. The molecule has 1 N–H and O–H groups in total. The first-order valence-electron chi connectivity index (χ1n) is 22.7. The summed E-state index contributed by atoms with van der Waals surface area (Å²) in [4.78, 5) is 27.1. The van der Waals surface area contributed by atoms with Gasteiger partial charge in [-0.15, -0.1) is 0 Å². The summed E-state index contributed by atoms with van der Waals surface area (Å²) < 4.78 is 16.8. The normalized spacial score (nSPS) is 17.5. The number of hydrogen-bond acceptors (Lipinski definition) is 7. The minimum Gasteiger partial charge on any atom is -0.494 e. The number of esters is 1. The lowest BCUT2D eigenvalue weighted by Crippen LogP contribution is -2.35. The summed E-state index contributed by atoms with van der Waals surface area (Å²) >= 11 is 0. The molecule has 0 aromatic heterocycles. The van der Waals surface area contributed by atoms with Gasteiger partial charge in [0, 0.05) is 25.9 Å². The molecule has 2 saturated heterocycles. The second-order valence-corrected chi connectivity index (χ2v) is 16.1. The third kappa shape index (κ3) is 20.9. The van der Waals surface area contributed by atoms with Crippen molar-refractivity contribution in [2.45, 2.75) is 161 Å². The Morgan fingerprint density at radius 2 is 1.02 bits per heavy atom. The van der Waals surface area contributed by atoms with Gasteiger partial charge in [0.05, 0.1) is 19.8 Å². The number of aliphatic carboxylic acids is 1. The highest BCUT2D eigenvalue weighted by Crippen LogP contribution is 2.30. The SMILES string of the molecule is CCCCCCCCOc1ccc(C2CCCN(CCCC(=O)O)C2)cc1.CCCCCCCCOc1ccc(C2CCCN(CCCC(=O)OCC)C2)cc1. The number of carbonyl (C=O) groups is 2. The zero-order valence-electron chi connectivity index (χ0n) is 35.7. The van der Waals surface area contributed by atoms with Crippen molar-refractivity contribution in [3.8, 4) is 11.5 Å². The number of rotatable bonds is 27. The van der Waals surface area contributed by atoms with E-state index in [1.807, 2.05) is 6.92 Å². The van der Waals surface area contributed by atoms with E-state index < -0.39 is 5.97 Å². The third-order valence-electron chi connectivity index (χ3n) is 11.3. The Morgan fingerprint density at radius 1 is 0.589 bits per heavy atom. The molecule has 8 nitrogen and oxygen atoms in total. The summed E-state index contributed by atoms with van der Waals surface area (Å²) in [5, 5.41) is 8.79. The van der Waals surface area contributed by atoms with Crippen molar-refractivity contribution < 1.29 is 28.9 Å². The second kappa shape index (κ2) is 30.0. The van der Waals surface area contributed by atoms with Crippen LogP contribution in [-0.4, -0.2) is 85.9 Å². The average Bonchev–Trinajstić information content (AvgIpc) is 3.21. The highest BCUT2D eigenvalue weighted by atomic mass is 16.5. The van der Waals surface area contributed by atoms with Crippen molar-refractivity contribution in [1.29, 1.82) is 0 Å². The van der Waals surface area contributed by atoms with Gasteiger partial charge in [-0.3, -0.25) is 9.59 Å². The van der Waals surface area contributed by atoms with E-state index in [4.69, 9.17) is 19.3 Å². The second-order valence-electron chi connectivity index (χ2n) is 16.1. The van der Waals surface area contributed by atoms with Gasteiger partial charge < -0.3 is 29.1 Å². The Morgan fingerprint density at radius 3 is 1.45 bits per heavy atom. The lowest BCUT2D eigenvalue weighted by Gasteiger charge is -2.33. The van der Waals surface area contributed by atoms with Gasteiger partial charge in [-0.2, -0.15) is 0 Å². The number of likely N-dealkylation sites (tertiary alicyclic amines) is 2. The smallest absolute Gasteiger partial charge is 0.305 e. The summed E-state index contributed by atoms with van der Waals surface area (Å²) in [6.07, 6.45) is 22.8. The van der Waals surface area contributed by atoms with Crippen LogP contribution in [0.1, 0.15) is 172 Å². The van der Waals surface area contributed by atoms with Crippen molar-refractivity contribution in [2.24, 2.45) is 0 Å². The third-order valence-corrected chi connectivity index (χ3v) is 11.3. The average molecular weight is 779 g/mol. The Hall–Kier alpha value is -3.10. The molecule has 0 amide bonds. The minimum absolute atomic E-state index is 0.0717. The van der Waals surface area contributed by atoms with Crippen molar-refractivity contribution in [2.75, 3.05) is 59.1 Å². The van der Waals surface area contributed by atoms with Gasteiger partial charge in [-0.1, -0.05) is 102 Å². The summed E-state index contributed by atoms with van der Waals surface area (Å²) in [5.41, 5.74) is 2.79. The minimum atomic E-state index is -0.694. The molecular formula is C48H78N2O6. The molecule has 4 rings (SSSR count). The van der Waals surface area contributed by atoms with Crippen LogP contribution in [0, 0.1) is 0 Å². The molecule has 2 aliphatic heterocycles. The van der Waals surface area contributed by atoms with Gasteiger partial charge in [0.1, 0.15) is 11.5 Å². The highest BCUT2D eigenvalue weighted by Gasteiger charge is 2.22. The molecule has 56 heavy (non-hydrogen) atoms. The number of carboxylic acid groups (broad SMARTS) is 1. The number of carbonyl (C=O) groups excluding carboxylic acids is 1. The van der Waals surface area contributed by atoms with Crippen LogP contribution in [0.4, 0.5) is 0 Å². The Kier molecular flexibility index (Phi) is 25.4. The van der Waals surface area contributed by atoms with Gasteiger partial charge >= 0.3 is 11.9 Å². The first kappa shape index (κ1) is 47.3. The molecule has 2 unspecified atom stereocenters. The van der Waals surface area contributed by atoms with Crippen LogP contribution >= 0.6 is 0 Å². The molecule has 0 radical (unpaired) electrons. The Balaban J connectivity index is 0.000000301. The number of benzene rings is 2. The maximum Gasteiger partial charge on any atom is 0.305 e. The van der Waals surface area contributed by atoms with Gasteiger partial charge in [-0.05, 0) is 132 Å². The fourth-order valence-corrected chi connectivity index (χ4v) is 8.01. The summed E-state index contributed by atoms with van der Waals surface area (Å²) in [6, 6.07) is 17.4. The monoisotopic (exact) mass is 779 g/mol. The van der Waals surface area contributed by atoms with Crippen molar-refractivity contribution >= 4 is 11.9 Å². The van der Waals surface area contributed by atoms with Crippen molar-refractivity contribution in [3.63, 3.8) is 0 Å². The van der Waals surface area contributed by atoms with E-state index in [0.717, 1.165) is 89.7 Å². The molecule has 316 valence electrons. The highest BCUT2D eigenvalue weighted by molar-refractivity contribution is 5.69. The molecule has 2 aromatic rings. The molecule has 2 aliphatic rings. The molecular weight excluding hydrogens is 701 g/mol. The molecule has 2 atom stereocenters. The zero-order chi connectivity index (χ0) is 40.1. The van der Waals surface area contributed by atoms with E-state index in [0.29, 0.717) is 24.9 Å². The molecule has 2 fully saturated rings. The molecule has 2 aromatic carbocycles. The van der Waals surface area contributed by atoms with Gasteiger partial charge in [0.25, 0.3) is 0 Å². The fraction of sp³-hybridized carbons (Fsp3) is 0.708. The van der Waals surface area contributed by atoms with Crippen LogP contribution in [-0.2, 0) is 14.3 Å². The zero-order valence-corrected chi connectivity index (χ0v) is 35.7. The fourth-order valence-electron chi connectivity index (χ4n) is 8.01. The van der Waals surface area contributed by atoms with E-state index in [2.05, 4.69) is 72.2 Å². The summed E-state index contributed by atoms with van der Waals surface area (Å²) in [7, 11) is 0. The van der Waals surface area contributed by atoms with Crippen LogP contribution < -0.4 is 9.47 Å². The van der Waals surface area contributed by atoms with E-state index in [9.17, 15) is 9.59 Å². The lowest BCUT2D eigenvalue weighted by atomic mass is 9.90. The number of piperidine rings is 2. The summed E-state index contributed by atoms with van der Waals surface area (Å²) in [6.45, 7) is 14.7. The maximum absolute atomic E-state index is 11.5. The van der Waals surface area contributed by atoms with Gasteiger partial charge in [0.15, 0.2) is 0 Å². The van der Waals surface area contributed by atoms with E-state index in [1.165, 1.54) is 101 Å².